The highest BCUT2D eigenvalue weighted by Gasteiger charge is 2.13. The first kappa shape index (κ1) is 15.2. The zero-order valence-corrected chi connectivity index (χ0v) is 11.0. The molecule has 1 heterocycles. The van der Waals surface area contributed by atoms with E-state index < -0.39 is 11.9 Å². The van der Waals surface area contributed by atoms with E-state index in [1.54, 1.807) is 0 Å². The highest BCUT2D eigenvalue weighted by atomic mass is 16.5. The predicted molar refractivity (Wildman–Crippen MR) is 67.4 cm³/mol. The summed E-state index contributed by atoms with van der Waals surface area (Å²) in [6, 6.07) is 1.19. The molecule has 0 atom stereocenters. The molecule has 2 N–H and O–H groups in total. The van der Waals surface area contributed by atoms with Crippen LogP contribution in [0.15, 0.2) is 16.7 Å². The fourth-order valence-electron chi connectivity index (χ4n) is 1.24. The second-order valence-corrected chi connectivity index (χ2v) is 4.18. The van der Waals surface area contributed by atoms with Gasteiger partial charge in [0.05, 0.1) is 18.8 Å². The average molecular weight is 270 g/mol. The molecule has 7 heteroatoms. The minimum absolute atomic E-state index is 0.0225. The molecule has 1 aromatic rings. The number of carboxylic acids is 1. The first-order valence-electron chi connectivity index (χ1n) is 5.83. The summed E-state index contributed by atoms with van der Waals surface area (Å²) in [4.78, 5) is 24.2. The third-order valence-electron chi connectivity index (χ3n) is 2.28. The van der Waals surface area contributed by atoms with Gasteiger partial charge < -0.3 is 24.5 Å². The average Bonchev–Trinajstić information content (AvgIpc) is 2.82. The Bertz CT molecular complexity index is 428. The largest absolute Gasteiger partial charge is 0.478 e. The molecule has 0 unspecified atom stereocenters. The van der Waals surface area contributed by atoms with Crippen LogP contribution in [-0.2, 0) is 4.74 Å². The number of nitrogens with one attached hydrogen (secondary N) is 1. The van der Waals surface area contributed by atoms with Gasteiger partial charge in [-0.2, -0.15) is 0 Å². The first-order chi connectivity index (χ1) is 9.00. The molecule has 0 aliphatic heterocycles. The van der Waals surface area contributed by atoms with Crippen molar-refractivity contribution in [3.05, 3.63) is 23.7 Å². The Hall–Kier alpha value is -1.86. The van der Waals surface area contributed by atoms with Crippen LogP contribution in [0.3, 0.4) is 0 Å². The van der Waals surface area contributed by atoms with Crippen LogP contribution in [-0.4, -0.2) is 62.3 Å². The second kappa shape index (κ2) is 7.55. The minimum atomic E-state index is -1.13. The summed E-state index contributed by atoms with van der Waals surface area (Å²) in [6.45, 7) is 2.14. The number of likely N-dealkylation sites (N-methyl/N-ethyl adjacent to an activating group) is 1. The van der Waals surface area contributed by atoms with Crippen LogP contribution in [0.25, 0.3) is 0 Å². The molecule has 0 spiro atoms. The number of nitrogens with zero attached hydrogens (tertiary/aromatic N) is 1. The number of hydrogen-bond acceptors (Lipinski definition) is 5. The molecule has 0 saturated carbocycles. The predicted octanol–water partition coefficient (Wildman–Crippen LogP) is 0.286. The first-order valence-corrected chi connectivity index (χ1v) is 5.83. The van der Waals surface area contributed by atoms with Crippen molar-refractivity contribution in [1.82, 2.24) is 10.2 Å². The number of carboxylic acid groups (broad SMARTS) is 1. The van der Waals surface area contributed by atoms with Gasteiger partial charge in [0, 0.05) is 19.2 Å². The molecular weight excluding hydrogens is 252 g/mol. The van der Waals surface area contributed by atoms with Gasteiger partial charge in [-0.1, -0.05) is 0 Å². The summed E-state index contributed by atoms with van der Waals surface area (Å²) in [7, 11) is 3.89. The van der Waals surface area contributed by atoms with Gasteiger partial charge in [-0.25, -0.2) is 4.79 Å². The van der Waals surface area contributed by atoms with Gasteiger partial charge in [0.1, 0.15) is 6.26 Å². The van der Waals surface area contributed by atoms with Crippen LogP contribution in [0.1, 0.15) is 20.9 Å². The molecule has 0 aliphatic carbocycles. The Kier molecular flexibility index (Phi) is 6.04. The smallest absolute Gasteiger partial charge is 0.338 e. The van der Waals surface area contributed by atoms with Crippen molar-refractivity contribution in [2.24, 2.45) is 0 Å². The molecule has 0 bridgehead atoms. The van der Waals surface area contributed by atoms with Crippen LogP contribution in [0.4, 0.5) is 0 Å². The molecule has 0 saturated heterocycles. The Morgan fingerprint density at radius 2 is 2.16 bits per heavy atom. The van der Waals surface area contributed by atoms with Crippen molar-refractivity contribution >= 4 is 11.9 Å². The monoisotopic (exact) mass is 270 g/mol. The molecule has 0 aliphatic rings. The fourth-order valence-corrected chi connectivity index (χ4v) is 1.24. The molecule has 1 amide bonds. The van der Waals surface area contributed by atoms with E-state index in [0.29, 0.717) is 19.8 Å². The summed E-state index contributed by atoms with van der Waals surface area (Å²) in [5, 5.41) is 11.3. The second-order valence-electron chi connectivity index (χ2n) is 4.18. The molecule has 0 aromatic carbocycles. The number of ether oxygens (including phenoxy) is 1. The summed E-state index contributed by atoms with van der Waals surface area (Å²) < 4.78 is 10.2. The lowest BCUT2D eigenvalue weighted by Gasteiger charge is -2.09. The van der Waals surface area contributed by atoms with Crippen molar-refractivity contribution in [3.8, 4) is 0 Å². The summed E-state index contributed by atoms with van der Waals surface area (Å²) in [5.41, 5.74) is -0.0487. The fraction of sp³-hybridized carbons (Fsp3) is 0.500. The SMILES string of the molecule is CN(C)CCOCCNC(=O)c1cc(C(=O)O)co1. The molecule has 7 nitrogen and oxygen atoms in total. The van der Waals surface area contributed by atoms with Crippen LogP contribution >= 0.6 is 0 Å². The summed E-state index contributed by atoms with van der Waals surface area (Å²) in [5.74, 6) is -1.61. The molecule has 1 aromatic heterocycles. The van der Waals surface area contributed by atoms with Crippen molar-refractivity contribution in [1.29, 1.82) is 0 Å². The van der Waals surface area contributed by atoms with E-state index in [-0.39, 0.29) is 11.3 Å². The molecule has 106 valence electrons. The quantitative estimate of drug-likeness (QED) is 0.659. The minimum Gasteiger partial charge on any atom is -0.478 e. The van der Waals surface area contributed by atoms with Crippen molar-refractivity contribution in [2.45, 2.75) is 0 Å². The molecule has 19 heavy (non-hydrogen) atoms. The number of carbonyl (C=O) groups excluding carboxylic acids is 1. The maximum Gasteiger partial charge on any atom is 0.338 e. The lowest BCUT2D eigenvalue weighted by Crippen LogP contribution is -2.28. The van der Waals surface area contributed by atoms with E-state index in [9.17, 15) is 9.59 Å². The number of carbonyl (C=O) groups is 2. The highest BCUT2D eigenvalue weighted by molar-refractivity contribution is 5.95. The Labute approximate surface area is 111 Å². The number of amides is 1. The van der Waals surface area contributed by atoms with Gasteiger partial charge >= 0.3 is 5.97 Å². The summed E-state index contributed by atoms with van der Waals surface area (Å²) >= 11 is 0. The van der Waals surface area contributed by atoms with E-state index >= 15 is 0 Å². The number of hydrogen-bond donors (Lipinski definition) is 2. The molecule has 0 fully saturated rings. The molecule has 0 radical (unpaired) electrons. The zero-order valence-electron chi connectivity index (χ0n) is 11.0. The normalized spacial score (nSPS) is 10.7. The van der Waals surface area contributed by atoms with Gasteiger partial charge in [-0.15, -0.1) is 0 Å². The lowest BCUT2D eigenvalue weighted by atomic mass is 10.3. The van der Waals surface area contributed by atoms with E-state index in [2.05, 4.69) is 5.32 Å². The van der Waals surface area contributed by atoms with Gasteiger partial charge in [0.15, 0.2) is 5.76 Å². The lowest BCUT2D eigenvalue weighted by molar-refractivity contribution is 0.0696. The van der Waals surface area contributed by atoms with Gasteiger partial charge in [-0.05, 0) is 14.1 Å². The van der Waals surface area contributed by atoms with Crippen molar-refractivity contribution in [2.75, 3.05) is 40.4 Å². The molecular formula is C12H18N2O5. The van der Waals surface area contributed by atoms with Crippen molar-refractivity contribution < 1.29 is 23.8 Å². The third-order valence-corrected chi connectivity index (χ3v) is 2.28. The maximum absolute atomic E-state index is 11.6. The number of aromatic carboxylic acids is 1. The van der Waals surface area contributed by atoms with Gasteiger partial charge in [0.25, 0.3) is 5.91 Å². The van der Waals surface area contributed by atoms with E-state index in [4.69, 9.17) is 14.3 Å². The van der Waals surface area contributed by atoms with Crippen molar-refractivity contribution in [3.63, 3.8) is 0 Å². The Balaban J connectivity index is 2.22. The van der Waals surface area contributed by atoms with Crippen LogP contribution in [0.5, 0.6) is 0 Å². The molecule has 1 rings (SSSR count). The third kappa shape index (κ3) is 5.54. The van der Waals surface area contributed by atoms with E-state index in [0.717, 1.165) is 12.8 Å². The highest BCUT2D eigenvalue weighted by Crippen LogP contribution is 2.07. The Morgan fingerprint density at radius 1 is 1.42 bits per heavy atom. The van der Waals surface area contributed by atoms with Crippen LogP contribution in [0.2, 0.25) is 0 Å². The maximum atomic E-state index is 11.6. The van der Waals surface area contributed by atoms with E-state index in [1.807, 2.05) is 19.0 Å². The summed E-state index contributed by atoms with van der Waals surface area (Å²) in [6.07, 6.45) is 1.03. The van der Waals surface area contributed by atoms with Crippen LogP contribution < -0.4 is 5.32 Å². The van der Waals surface area contributed by atoms with Gasteiger partial charge in [0.2, 0.25) is 0 Å². The zero-order chi connectivity index (χ0) is 14.3. The Morgan fingerprint density at radius 3 is 2.74 bits per heavy atom. The van der Waals surface area contributed by atoms with Gasteiger partial charge in [-0.3, -0.25) is 4.79 Å². The van der Waals surface area contributed by atoms with Crippen LogP contribution in [0, 0.1) is 0 Å². The topological polar surface area (TPSA) is 92.0 Å². The number of furan rings is 1. The van der Waals surface area contributed by atoms with E-state index in [1.165, 1.54) is 6.07 Å². The number of rotatable bonds is 8. The standard InChI is InChI=1S/C12H18N2O5/c1-14(2)4-6-18-5-3-13-11(15)10-7-9(8-19-10)12(16)17/h7-8H,3-6H2,1-2H3,(H,13,15)(H,16,17).